The van der Waals surface area contributed by atoms with Crippen molar-refractivity contribution in [2.75, 3.05) is 0 Å². The maximum atomic E-state index is 11.9. The highest BCUT2D eigenvalue weighted by Gasteiger charge is 2.32. The van der Waals surface area contributed by atoms with E-state index in [0.717, 1.165) is 0 Å². The summed E-state index contributed by atoms with van der Waals surface area (Å²) in [6.45, 7) is 4.35. The Kier molecular flexibility index (Phi) is 3.06. The normalized spacial score (nSPS) is 12.7. The molecule has 0 atom stereocenters. The van der Waals surface area contributed by atoms with Gasteiger partial charge < -0.3 is 5.73 Å². The van der Waals surface area contributed by atoms with Crippen molar-refractivity contribution in [2.24, 2.45) is 5.73 Å². The number of nitrogens with one attached hydrogen (secondary N) is 2. The molecule has 0 aliphatic carbocycles. The second-order valence-electron chi connectivity index (χ2n) is 3.95. The molecule has 0 aliphatic rings. The van der Waals surface area contributed by atoms with E-state index in [1.165, 1.54) is 20.0 Å². The predicted molar refractivity (Wildman–Crippen MR) is 56.9 cm³/mol. The number of carbonyl (C=O) groups is 1. The van der Waals surface area contributed by atoms with Gasteiger partial charge in [0, 0.05) is 0 Å². The Labute approximate surface area is 93.5 Å². The lowest BCUT2D eigenvalue weighted by Crippen LogP contribution is -2.52. The maximum Gasteiger partial charge on any atom is 0.244 e. The zero-order valence-corrected chi connectivity index (χ0v) is 10.1. The number of aromatic amines is 1. The van der Waals surface area contributed by atoms with Crippen molar-refractivity contribution >= 4 is 15.9 Å². The van der Waals surface area contributed by atoms with E-state index in [2.05, 4.69) is 14.9 Å². The van der Waals surface area contributed by atoms with Crippen LogP contribution in [0.1, 0.15) is 19.5 Å². The standard InChI is InChI=1S/C8H14N4O3S/c1-5-6(4-10-11-5)16(14,15)12-8(2,3)7(9)13/h4,12H,1-3H3,(H2,9,13)(H,10,11). The van der Waals surface area contributed by atoms with Crippen molar-refractivity contribution in [3.63, 3.8) is 0 Å². The molecule has 4 N–H and O–H groups in total. The Morgan fingerprint density at radius 2 is 2.12 bits per heavy atom. The summed E-state index contributed by atoms with van der Waals surface area (Å²) in [5.41, 5.74) is 4.13. The van der Waals surface area contributed by atoms with Crippen LogP contribution < -0.4 is 10.5 Å². The summed E-state index contributed by atoms with van der Waals surface area (Å²) in [5.74, 6) is -0.753. The zero-order chi connectivity index (χ0) is 12.6. The van der Waals surface area contributed by atoms with Gasteiger partial charge in [0.15, 0.2) is 0 Å². The molecule has 1 aromatic heterocycles. The maximum absolute atomic E-state index is 11.9. The Morgan fingerprint density at radius 1 is 1.56 bits per heavy atom. The van der Waals surface area contributed by atoms with Crippen molar-refractivity contribution in [3.05, 3.63) is 11.9 Å². The molecule has 0 radical (unpaired) electrons. The van der Waals surface area contributed by atoms with E-state index in [0.29, 0.717) is 5.69 Å². The molecular weight excluding hydrogens is 232 g/mol. The predicted octanol–water partition coefficient (Wildman–Crippen LogP) is -0.740. The molecule has 1 aromatic rings. The van der Waals surface area contributed by atoms with Gasteiger partial charge in [-0.05, 0) is 20.8 Å². The number of aryl methyl sites for hydroxylation is 1. The summed E-state index contributed by atoms with van der Waals surface area (Å²) in [5, 5.41) is 6.11. The van der Waals surface area contributed by atoms with Crippen molar-refractivity contribution in [2.45, 2.75) is 31.2 Å². The number of aromatic nitrogens is 2. The summed E-state index contributed by atoms with van der Waals surface area (Å²) < 4.78 is 25.9. The Morgan fingerprint density at radius 3 is 2.50 bits per heavy atom. The minimum atomic E-state index is -3.79. The van der Waals surface area contributed by atoms with Crippen LogP contribution >= 0.6 is 0 Å². The van der Waals surface area contributed by atoms with E-state index >= 15 is 0 Å². The molecule has 0 saturated heterocycles. The lowest BCUT2D eigenvalue weighted by atomic mass is 10.1. The van der Waals surface area contributed by atoms with Crippen LogP contribution in [0.4, 0.5) is 0 Å². The number of sulfonamides is 1. The fourth-order valence-electron chi connectivity index (χ4n) is 1.05. The van der Waals surface area contributed by atoms with Crippen LogP contribution in [0.2, 0.25) is 0 Å². The molecule has 0 aliphatic heterocycles. The lowest BCUT2D eigenvalue weighted by molar-refractivity contribution is -0.122. The SMILES string of the molecule is Cc1[nH]ncc1S(=O)(=O)NC(C)(C)C(N)=O. The van der Waals surface area contributed by atoms with Crippen LogP contribution in [-0.2, 0) is 14.8 Å². The second kappa shape index (κ2) is 3.87. The molecule has 0 spiro atoms. The highest BCUT2D eigenvalue weighted by molar-refractivity contribution is 7.89. The summed E-state index contributed by atoms with van der Waals surface area (Å²) in [7, 11) is -3.79. The van der Waals surface area contributed by atoms with Crippen molar-refractivity contribution in [1.82, 2.24) is 14.9 Å². The van der Waals surface area contributed by atoms with Gasteiger partial charge in [0.1, 0.15) is 10.4 Å². The van der Waals surface area contributed by atoms with Crippen LogP contribution in [0.15, 0.2) is 11.1 Å². The molecule has 0 aromatic carbocycles. The minimum Gasteiger partial charge on any atom is -0.368 e. The van der Waals surface area contributed by atoms with Crippen LogP contribution in [0, 0.1) is 6.92 Å². The van der Waals surface area contributed by atoms with Crippen LogP contribution in [0.3, 0.4) is 0 Å². The molecule has 1 heterocycles. The molecule has 0 fully saturated rings. The topological polar surface area (TPSA) is 118 Å². The molecule has 0 unspecified atom stereocenters. The molecule has 0 saturated carbocycles. The highest BCUT2D eigenvalue weighted by atomic mass is 32.2. The van der Waals surface area contributed by atoms with Gasteiger partial charge in [-0.3, -0.25) is 9.89 Å². The summed E-state index contributed by atoms with van der Waals surface area (Å²) in [6, 6.07) is 0. The monoisotopic (exact) mass is 246 g/mol. The largest absolute Gasteiger partial charge is 0.368 e. The van der Waals surface area contributed by atoms with Crippen LogP contribution in [0.25, 0.3) is 0 Å². The first-order chi connectivity index (χ1) is 7.17. The molecule has 7 nitrogen and oxygen atoms in total. The fraction of sp³-hybridized carbons (Fsp3) is 0.500. The van der Waals surface area contributed by atoms with E-state index in [-0.39, 0.29) is 4.90 Å². The molecule has 1 amide bonds. The van der Waals surface area contributed by atoms with Crippen molar-refractivity contribution < 1.29 is 13.2 Å². The van der Waals surface area contributed by atoms with Gasteiger partial charge in [0.25, 0.3) is 0 Å². The second-order valence-corrected chi connectivity index (χ2v) is 5.60. The van der Waals surface area contributed by atoms with Gasteiger partial charge in [-0.15, -0.1) is 0 Å². The molecule has 1 rings (SSSR count). The summed E-state index contributed by atoms with van der Waals surface area (Å²) >= 11 is 0. The molecular formula is C8H14N4O3S. The summed E-state index contributed by atoms with van der Waals surface area (Å²) in [4.78, 5) is 11.0. The van der Waals surface area contributed by atoms with Gasteiger partial charge in [-0.25, -0.2) is 8.42 Å². The van der Waals surface area contributed by atoms with E-state index in [4.69, 9.17) is 5.73 Å². The van der Waals surface area contributed by atoms with Gasteiger partial charge in [0.2, 0.25) is 15.9 Å². The number of nitrogens with two attached hydrogens (primary N) is 1. The molecule has 16 heavy (non-hydrogen) atoms. The molecule has 8 heteroatoms. The Balaban J connectivity index is 3.07. The van der Waals surface area contributed by atoms with Crippen LogP contribution in [-0.4, -0.2) is 30.1 Å². The third-order valence-electron chi connectivity index (χ3n) is 2.08. The number of hydrogen-bond donors (Lipinski definition) is 3. The smallest absolute Gasteiger partial charge is 0.244 e. The van der Waals surface area contributed by atoms with Crippen molar-refractivity contribution in [1.29, 1.82) is 0 Å². The van der Waals surface area contributed by atoms with E-state index in [9.17, 15) is 13.2 Å². The van der Waals surface area contributed by atoms with Crippen molar-refractivity contribution in [3.8, 4) is 0 Å². The van der Waals surface area contributed by atoms with Gasteiger partial charge in [-0.2, -0.15) is 9.82 Å². The lowest BCUT2D eigenvalue weighted by Gasteiger charge is -2.21. The minimum absolute atomic E-state index is 0.00169. The molecule has 0 bridgehead atoms. The number of H-pyrrole nitrogens is 1. The van der Waals surface area contributed by atoms with Crippen LogP contribution in [0.5, 0.6) is 0 Å². The quantitative estimate of drug-likeness (QED) is 0.648. The number of carbonyl (C=O) groups excluding carboxylic acids is 1. The average Bonchev–Trinajstić information content (AvgIpc) is 2.49. The average molecular weight is 246 g/mol. The van der Waals surface area contributed by atoms with E-state index in [1.54, 1.807) is 6.92 Å². The number of rotatable bonds is 4. The number of nitrogens with zero attached hydrogens (tertiary/aromatic N) is 1. The third kappa shape index (κ3) is 2.39. The number of primary amides is 1. The molecule has 90 valence electrons. The van der Waals surface area contributed by atoms with E-state index < -0.39 is 21.5 Å². The zero-order valence-electron chi connectivity index (χ0n) is 9.23. The number of hydrogen-bond acceptors (Lipinski definition) is 4. The van der Waals surface area contributed by atoms with Gasteiger partial charge in [0.05, 0.1) is 11.9 Å². The summed E-state index contributed by atoms with van der Waals surface area (Å²) in [6.07, 6.45) is 1.18. The fourth-order valence-corrected chi connectivity index (χ4v) is 2.57. The first-order valence-corrected chi connectivity index (χ1v) is 5.99. The van der Waals surface area contributed by atoms with Gasteiger partial charge in [-0.1, -0.05) is 0 Å². The number of amides is 1. The van der Waals surface area contributed by atoms with E-state index in [1.807, 2.05) is 0 Å². The Hall–Kier alpha value is -1.41. The first-order valence-electron chi connectivity index (χ1n) is 4.50. The first kappa shape index (κ1) is 12.7. The highest BCUT2D eigenvalue weighted by Crippen LogP contribution is 2.14. The van der Waals surface area contributed by atoms with Gasteiger partial charge >= 0.3 is 0 Å². The third-order valence-corrected chi connectivity index (χ3v) is 3.85. The Bertz CT molecular complexity index is 503.